The molecule has 3 aromatic carbocycles. The number of rotatable bonds is 10. The Bertz CT molecular complexity index is 1150. The third kappa shape index (κ3) is 6.14. The smallest absolute Gasteiger partial charge is 0.262 e. The minimum atomic E-state index is -3.77. The van der Waals surface area contributed by atoms with Gasteiger partial charge in [-0.05, 0) is 67.6 Å². The van der Waals surface area contributed by atoms with Crippen LogP contribution in [0.3, 0.4) is 0 Å². The van der Waals surface area contributed by atoms with Gasteiger partial charge in [-0.25, -0.2) is 8.42 Å². The zero-order valence-corrected chi connectivity index (χ0v) is 18.5. The summed E-state index contributed by atoms with van der Waals surface area (Å²) in [6.07, 6.45) is 0. The summed E-state index contributed by atoms with van der Waals surface area (Å²) in [7, 11) is -2.26. The topological polar surface area (TPSA) is 103 Å². The van der Waals surface area contributed by atoms with Gasteiger partial charge in [0.25, 0.3) is 15.9 Å². The maximum atomic E-state index is 12.6. The van der Waals surface area contributed by atoms with Crippen molar-refractivity contribution in [3.63, 3.8) is 0 Å². The van der Waals surface area contributed by atoms with Crippen molar-refractivity contribution in [2.24, 2.45) is 0 Å². The van der Waals surface area contributed by atoms with Crippen LogP contribution >= 0.6 is 0 Å². The number of nitrogens with one attached hydrogen (secondary N) is 2. The monoisotopic (exact) mass is 456 g/mol. The van der Waals surface area contributed by atoms with E-state index >= 15 is 0 Å². The molecule has 0 spiro atoms. The summed E-state index contributed by atoms with van der Waals surface area (Å²) in [4.78, 5) is 12.2. The van der Waals surface area contributed by atoms with E-state index in [1.54, 1.807) is 48.5 Å². The molecule has 0 unspecified atom stereocenters. The van der Waals surface area contributed by atoms with E-state index in [2.05, 4.69) is 10.0 Å². The first-order valence-electron chi connectivity index (χ1n) is 9.82. The number of carbonyl (C=O) groups excluding carboxylic acids is 1. The van der Waals surface area contributed by atoms with Crippen LogP contribution in [-0.4, -0.2) is 34.6 Å². The highest BCUT2D eigenvalue weighted by Crippen LogP contribution is 2.24. The molecule has 3 aromatic rings. The molecule has 9 heteroatoms. The van der Waals surface area contributed by atoms with E-state index in [1.807, 2.05) is 6.92 Å². The minimum absolute atomic E-state index is 0.0669. The maximum Gasteiger partial charge on any atom is 0.262 e. The van der Waals surface area contributed by atoms with Gasteiger partial charge in [-0.2, -0.15) is 0 Å². The number of amides is 1. The molecule has 0 fully saturated rings. The molecular weight excluding hydrogens is 432 g/mol. The van der Waals surface area contributed by atoms with Crippen molar-refractivity contribution in [1.82, 2.24) is 0 Å². The van der Waals surface area contributed by atoms with Crippen LogP contribution < -0.4 is 24.2 Å². The van der Waals surface area contributed by atoms with Crippen molar-refractivity contribution in [2.75, 3.05) is 30.4 Å². The number of hydrogen-bond donors (Lipinski definition) is 2. The highest BCUT2D eigenvalue weighted by atomic mass is 32.2. The molecule has 0 atom stereocenters. The molecule has 8 nitrogen and oxygen atoms in total. The van der Waals surface area contributed by atoms with Gasteiger partial charge in [0.1, 0.15) is 17.2 Å². The molecule has 0 aromatic heterocycles. The molecule has 0 aliphatic carbocycles. The summed E-state index contributed by atoms with van der Waals surface area (Å²) in [5.74, 6) is 1.19. The first-order valence-corrected chi connectivity index (χ1v) is 11.3. The predicted molar refractivity (Wildman–Crippen MR) is 122 cm³/mol. The normalized spacial score (nSPS) is 10.8. The Labute approximate surface area is 187 Å². The molecule has 0 saturated carbocycles. The van der Waals surface area contributed by atoms with E-state index in [-0.39, 0.29) is 17.4 Å². The van der Waals surface area contributed by atoms with Crippen LogP contribution in [0.5, 0.6) is 17.2 Å². The summed E-state index contributed by atoms with van der Waals surface area (Å²) >= 11 is 0. The van der Waals surface area contributed by atoms with Crippen LogP contribution in [0, 0.1) is 0 Å². The number of anilines is 2. The molecule has 0 saturated heterocycles. The summed E-state index contributed by atoms with van der Waals surface area (Å²) < 4.78 is 43.7. The van der Waals surface area contributed by atoms with E-state index in [9.17, 15) is 13.2 Å². The van der Waals surface area contributed by atoms with Crippen LogP contribution in [0.2, 0.25) is 0 Å². The van der Waals surface area contributed by atoms with Gasteiger partial charge in [0, 0.05) is 5.69 Å². The van der Waals surface area contributed by atoms with E-state index in [4.69, 9.17) is 14.2 Å². The third-order valence-corrected chi connectivity index (χ3v) is 5.70. The minimum Gasteiger partial charge on any atom is -0.495 e. The van der Waals surface area contributed by atoms with Crippen molar-refractivity contribution in [2.45, 2.75) is 11.8 Å². The van der Waals surface area contributed by atoms with Crippen LogP contribution in [0.4, 0.5) is 11.4 Å². The number of hydrogen-bond acceptors (Lipinski definition) is 6. The molecule has 3 rings (SSSR count). The fourth-order valence-corrected chi connectivity index (χ4v) is 3.86. The Morgan fingerprint density at radius 3 is 2.16 bits per heavy atom. The Balaban J connectivity index is 1.57. The number of benzene rings is 3. The summed E-state index contributed by atoms with van der Waals surface area (Å²) in [5.41, 5.74) is 0.951. The molecule has 1 amide bonds. The zero-order chi connectivity index (χ0) is 23.0. The van der Waals surface area contributed by atoms with Crippen molar-refractivity contribution >= 4 is 27.3 Å². The van der Waals surface area contributed by atoms with Crippen LogP contribution in [0.25, 0.3) is 0 Å². The first-order chi connectivity index (χ1) is 15.4. The summed E-state index contributed by atoms with van der Waals surface area (Å²) in [6, 6.07) is 19.4. The summed E-state index contributed by atoms with van der Waals surface area (Å²) in [5, 5.41) is 2.70. The van der Waals surface area contributed by atoms with E-state index in [0.29, 0.717) is 35.2 Å². The largest absolute Gasteiger partial charge is 0.495 e. The van der Waals surface area contributed by atoms with Crippen LogP contribution in [0.1, 0.15) is 6.92 Å². The van der Waals surface area contributed by atoms with Crippen molar-refractivity contribution in [1.29, 1.82) is 0 Å². The fraction of sp³-hybridized carbons (Fsp3) is 0.174. The van der Waals surface area contributed by atoms with E-state index in [1.165, 1.54) is 31.4 Å². The van der Waals surface area contributed by atoms with Crippen molar-refractivity contribution in [3.8, 4) is 17.2 Å². The molecular formula is C23H24N2O6S. The van der Waals surface area contributed by atoms with Gasteiger partial charge in [0.15, 0.2) is 6.61 Å². The lowest BCUT2D eigenvalue weighted by Gasteiger charge is -2.11. The van der Waals surface area contributed by atoms with Crippen molar-refractivity contribution < 1.29 is 27.4 Å². The molecule has 0 aliphatic heterocycles. The average Bonchev–Trinajstić information content (AvgIpc) is 2.80. The number of methoxy groups -OCH3 is 1. The second kappa shape index (κ2) is 10.5. The van der Waals surface area contributed by atoms with Gasteiger partial charge in [-0.1, -0.05) is 12.1 Å². The highest BCUT2D eigenvalue weighted by molar-refractivity contribution is 7.92. The van der Waals surface area contributed by atoms with Gasteiger partial charge in [0.2, 0.25) is 0 Å². The second-order valence-electron chi connectivity index (χ2n) is 6.57. The van der Waals surface area contributed by atoms with Gasteiger partial charge in [-0.3, -0.25) is 9.52 Å². The van der Waals surface area contributed by atoms with Crippen molar-refractivity contribution in [3.05, 3.63) is 72.8 Å². The van der Waals surface area contributed by atoms with Gasteiger partial charge in [-0.15, -0.1) is 0 Å². The molecule has 168 valence electrons. The quantitative estimate of drug-likeness (QED) is 0.479. The lowest BCUT2D eigenvalue weighted by atomic mass is 10.3. The number of ether oxygens (including phenoxy) is 3. The number of para-hydroxylation sites is 2. The SMILES string of the molecule is CCOc1ccc(NS(=O)(=O)c2ccc(OCC(=O)Nc3ccccc3OC)cc2)cc1. The molecule has 2 N–H and O–H groups in total. The molecule has 0 heterocycles. The van der Waals surface area contributed by atoms with E-state index < -0.39 is 10.0 Å². The Kier molecular flexibility index (Phi) is 7.56. The lowest BCUT2D eigenvalue weighted by molar-refractivity contribution is -0.118. The first kappa shape index (κ1) is 23.0. The summed E-state index contributed by atoms with van der Waals surface area (Å²) in [6.45, 7) is 2.16. The Morgan fingerprint density at radius 1 is 0.875 bits per heavy atom. The van der Waals surface area contributed by atoms with Crippen LogP contribution in [0.15, 0.2) is 77.7 Å². The Morgan fingerprint density at radius 2 is 1.50 bits per heavy atom. The van der Waals surface area contributed by atoms with Gasteiger partial charge in [0.05, 0.1) is 24.3 Å². The molecule has 0 bridgehead atoms. The highest BCUT2D eigenvalue weighted by Gasteiger charge is 2.15. The molecule has 0 radical (unpaired) electrons. The molecule has 32 heavy (non-hydrogen) atoms. The third-order valence-electron chi connectivity index (χ3n) is 4.30. The standard InChI is InChI=1S/C23H24N2O6S/c1-3-30-18-10-8-17(9-11-18)25-32(27,28)20-14-12-19(13-15-20)31-16-23(26)24-21-6-4-5-7-22(21)29-2/h4-15,25H,3,16H2,1-2H3,(H,24,26). The predicted octanol–water partition coefficient (Wildman–Crippen LogP) is 3.91. The maximum absolute atomic E-state index is 12.6. The lowest BCUT2D eigenvalue weighted by Crippen LogP contribution is -2.20. The van der Waals surface area contributed by atoms with Gasteiger partial charge < -0.3 is 19.5 Å². The number of sulfonamides is 1. The second-order valence-corrected chi connectivity index (χ2v) is 8.25. The fourth-order valence-electron chi connectivity index (χ4n) is 2.80. The van der Waals surface area contributed by atoms with Gasteiger partial charge >= 0.3 is 0 Å². The van der Waals surface area contributed by atoms with Crippen LogP contribution in [-0.2, 0) is 14.8 Å². The Hall–Kier alpha value is -3.72. The number of carbonyl (C=O) groups is 1. The van der Waals surface area contributed by atoms with E-state index in [0.717, 1.165) is 0 Å². The molecule has 0 aliphatic rings. The zero-order valence-electron chi connectivity index (χ0n) is 17.7. The average molecular weight is 457 g/mol.